The molecule has 2 aliphatic rings. The van der Waals surface area contributed by atoms with Crippen LogP contribution in [-0.4, -0.2) is 23.1 Å². The molecule has 5 heteroatoms. The summed E-state index contributed by atoms with van der Waals surface area (Å²) in [4.78, 5) is 28.2. The Kier molecular flexibility index (Phi) is 4.80. The molecule has 0 saturated heterocycles. The molecule has 2 saturated carbocycles. The number of nitrogens with one attached hydrogen (secondary N) is 1. The molecule has 2 rings (SSSR count). The van der Waals surface area contributed by atoms with E-state index in [9.17, 15) is 9.59 Å². The second-order valence-electron chi connectivity index (χ2n) is 6.00. The molecule has 0 unspecified atom stereocenters. The first-order valence-corrected chi connectivity index (χ1v) is 7.26. The SMILES string of the molecule is O=C(O)CC1(CC(=O)NOC2CCCC2)CCCC1. The van der Waals surface area contributed by atoms with Gasteiger partial charge in [-0.25, -0.2) is 5.48 Å². The summed E-state index contributed by atoms with van der Waals surface area (Å²) in [6, 6.07) is 0. The van der Waals surface area contributed by atoms with Gasteiger partial charge in [-0.1, -0.05) is 25.7 Å². The number of hydrogen-bond acceptors (Lipinski definition) is 3. The van der Waals surface area contributed by atoms with E-state index in [1.54, 1.807) is 0 Å². The largest absolute Gasteiger partial charge is 0.481 e. The average molecular weight is 269 g/mol. The van der Waals surface area contributed by atoms with Crippen molar-refractivity contribution in [2.45, 2.75) is 70.3 Å². The van der Waals surface area contributed by atoms with Gasteiger partial charge in [0.05, 0.1) is 12.5 Å². The molecular formula is C14H23NO4. The van der Waals surface area contributed by atoms with E-state index in [1.165, 1.54) is 0 Å². The Hall–Kier alpha value is -1.10. The molecule has 0 atom stereocenters. The number of carboxylic acids is 1. The van der Waals surface area contributed by atoms with Crippen LogP contribution in [0.4, 0.5) is 0 Å². The van der Waals surface area contributed by atoms with Crippen LogP contribution in [0.25, 0.3) is 0 Å². The Morgan fingerprint density at radius 2 is 1.74 bits per heavy atom. The van der Waals surface area contributed by atoms with Gasteiger partial charge in [0.15, 0.2) is 0 Å². The average Bonchev–Trinajstić information content (AvgIpc) is 2.97. The van der Waals surface area contributed by atoms with E-state index in [1.807, 2.05) is 0 Å². The maximum atomic E-state index is 11.9. The van der Waals surface area contributed by atoms with E-state index < -0.39 is 5.97 Å². The molecule has 0 heterocycles. The number of aliphatic carboxylic acids is 1. The van der Waals surface area contributed by atoms with Crippen molar-refractivity contribution >= 4 is 11.9 Å². The standard InChI is InChI=1S/C14H23NO4/c16-12(15-19-11-5-1-2-6-11)9-14(10-13(17)18)7-3-4-8-14/h11H,1-10H2,(H,15,16)(H,17,18). The highest BCUT2D eigenvalue weighted by atomic mass is 16.7. The van der Waals surface area contributed by atoms with E-state index in [-0.39, 0.29) is 30.3 Å². The van der Waals surface area contributed by atoms with Crippen molar-refractivity contribution in [3.63, 3.8) is 0 Å². The lowest BCUT2D eigenvalue weighted by Gasteiger charge is -2.26. The second-order valence-corrected chi connectivity index (χ2v) is 6.00. The zero-order valence-corrected chi connectivity index (χ0v) is 11.3. The first kappa shape index (κ1) is 14.3. The topological polar surface area (TPSA) is 75.6 Å². The van der Waals surface area contributed by atoms with Gasteiger partial charge in [-0.05, 0) is 31.1 Å². The van der Waals surface area contributed by atoms with Crippen LogP contribution in [0.2, 0.25) is 0 Å². The fraction of sp³-hybridized carbons (Fsp3) is 0.857. The van der Waals surface area contributed by atoms with E-state index in [0.717, 1.165) is 51.4 Å². The smallest absolute Gasteiger partial charge is 0.303 e. The fourth-order valence-corrected chi connectivity index (χ4v) is 3.39. The van der Waals surface area contributed by atoms with Gasteiger partial charge in [0.1, 0.15) is 0 Å². The maximum absolute atomic E-state index is 11.9. The van der Waals surface area contributed by atoms with Gasteiger partial charge in [-0.3, -0.25) is 14.4 Å². The monoisotopic (exact) mass is 269 g/mol. The van der Waals surface area contributed by atoms with Gasteiger partial charge >= 0.3 is 5.97 Å². The van der Waals surface area contributed by atoms with Gasteiger partial charge in [0.2, 0.25) is 5.91 Å². The van der Waals surface area contributed by atoms with E-state index >= 15 is 0 Å². The van der Waals surface area contributed by atoms with Gasteiger partial charge in [-0.2, -0.15) is 0 Å². The van der Waals surface area contributed by atoms with Crippen LogP contribution in [0.15, 0.2) is 0 Å². The number of hydroxylamine groups is 1. The molecular weight excluding hydrogens is 246 g/mol. The molecule has 1 amide bonds. The molecule has 5 nitrogen and oxygen atoms in total. The molecule has 0 aromatic heterocycles. The molecule has 2 aliphatic carbocycles. The molecule has 19 heavy (non-hydrogen) atoms. The highest BCUT2D eigenvalue weighted by molar-refractivity contribution is 5.77. The molecule has 0 bridgehead atoms. The summed E-state index contributed by atoms with van der Waals surface area (Å²) in [7, 11) is 0. The Balaban J connectivity index is 1.79. The van der Waals surface area contributed by atoms with Gasteiger partial charge in [0.25, 0.3) is 0 Å². The normalized spacial score (nSPS) is 22.5. The third-order valence-electron chi connectivity index (χ3n) is 4.37. The summed E-state index contributed by atoms with van der Waals surface area (Å²) in [5.74, 6) is -0.985. The van der Waals surface area contributed by atoms with E-state index in [2.05, 4.69) is 5.48 Å². The molecule has 108 valence electrons. The zero-order chi connectivity index (χ0) is 13.7. The predicted octanol–water partition coefficient (Wildman–Crippen LogP) is 2.40. The van der Waals surface area contributed by atoms with Gasteiger partial charge in [0, 0.05) is 6.42 Å². The van der Waals surface area contributed by atoms with Crippen LogP contribution in [-0.2, 0) is 14.4 Å². The van der Waals surface area contributed by atoms with Crippen LogP contribution in [0.3, 0.4) is 0 Å². The highest BCUT2D eigenvalue weighted by Crippen LogP contribution is 2.44. The van der Waals surface area contributed by atoms with Crippen LogP contribution < -0.4 is 5.48 Å². The summed E-state index contributed by atoms with van der Waals surface area (Å²) in [6.07, 6.45) is 8.51. The number of carboxylic acid groups (broad SMARTS) is 1. The Morgan fingerprint density at radius 3 is 2.32 bits per heavy atom. The summed E-state index contributed by atoms with van der Waals surface area (Å²) >= 11 is 0. The molecule has 0 aromatic carbocycles. The van der Waals surface area contributed by atoms with Crippen molar-refractivity contribution in [2.24, 2.45) is 5.41 Å². The number of hydrogen-bond donors (Lipinski definition) is 2. The van der Waals surface area contributed by atoms with E-state index in [0.29, 0.717) is 0 Å². The van der Waals surface area contributed by atoms with Crippen molar-refractivity contribution < 1.29 is 19.5 Å². The minimum atomic E-state index is -0.814. The molecule has 2 fully saturated rings. The number of carbonyl (C=O) groups is 2. The van der Waals surface area contributed by atoms with Crippen LogP contribution >= 0.6 is 0 Å². The lowest BCUT2D eigenvalue weighted by molar-refractivity contribution is -0.144. The minimum Gasteiger partial charge on any atom is -0.481 e. The van der Waals surface area contributed by atoms with Gasteiger partial charge < -0.3 is 5.11 Å². The number of rotatable bonds is 6. The summed E-state index contributed by atoms with van der Waals surface area (Å²) in [5, 5.41) is 8.99. The van der Waals surface area contributed by atoms with Crippen molar-refractivity contribution in [1.29, 1.82) is 0 Å². The quantitative estimate of drug-likeness (QED) is 0.726. The van der Waals surface area contributed by atoms with Gasteiger partial charge in [-0.15, -0.1) is 0 Å². The molecule has 0 aliphatic heterocycles. The molecule has 0 aromatic rings. The zero-order valence-electron chi connectivity index (χ0n) is 11.3. The molecule has 0 radical (unpaired) electrons. The Bertz CT molecular complexity index is 330. The van der Waals surface area contributed by atoms with Crippen LogP contribution in [0, 0.1) is 5.41 Å². The summed E-state index contributed by atoms with van der Waals surface area (Å²) < 4.78 is 0. The summed E-state index contributed by atoms with van der Waals surface area (Å²) in [5.41, 5.74) is 2.17. The van der Waals surface area contributed by atoms with E-state index in [4.69, 9.17) is 9.94 Å². The first-order chi connectivity index (χ1) is 9.10. The van der Waals surface area contributed by atoms with Crippen molar-refractivity contribution in [1.82, 2.24) is 5.48 Å². The lowest BCUT2D eigenvalue weighted by Crippen LogP contribution is -2.34. The second kappa shape index (κ2) is 6.37. The fourth-order valence-electron chi connectivity index (χ4n) is 3.39. The Morgan fingerprint density at radius 1 is 1.11 bits per heavy atom. The Labute approximate surface area is 113 Å². The van der Waals surface area contributed by atoms with Crippen molar-refractivity contribution in [2.75, 3.05) is 0 Å². The molecule has 2 N–H and O–H groups in total. The van der Waals surface area contributed by atoms with Crippen LogP contribution in [0.5, 0.6) is 0 Å². The summed E-state index contributed by atoms with van der Waals surface area (Å²) in [6.45, 7) is 0. The lowest BCUT2D eigenvalue weighted by atomic mass is 9.79. The number of carbonyl (C=O) groups excluding carboxylic acids is 1. The third-order valence-corrected chi connectivity index (χ3v) is 4.37. The number of amides is 1. The van der Waals surface area contributed by atoms with Crippen LogP contribution in [0.1, 0.15) is 64.2 Å². The van der Waals surface area contributed by atoms with Crippen molar-refractivity contribution in [3.05, 3.63) is 0 Å². The highest BCUT2D eigenvalue weighted by Gasteiger charge is 2.38. The third kappa shape index (κ3) is 4.20. The first-order valence-electron chi connectivity index (χ1n) is 7.26. The maximum Gasteiger partial charge on any atom is 0.303 e. The molecule has 0 spiro atoms. The minimum absolute atomic E-state index is 0.0872. The predicted molar refractivity (Wildman–Crippen MR) is 69.3 cm³/mol. The van der Waals surface area contributed by atoms with Crippen molar-refractivity contribution in [3.8, 4) is 0 Å².